The summed E-state index contributed by atoms with van der Waals surface area (Å²) in [6.45, 7) is 17.7. The van der Waals surface area contributed by atoms with Crippen molar-refractivity contribution in [2.45, 2.75) is 59.2 Å². The van der Waals surface area contributed by atoms with Crippen molar-refractivity contribution in [1.82, 2.24) is 9.80 Å². The Labute approximate surface area is 295 Å². The predicted molar refractivity (Wildman–Crippen MR) is 197 cm³/mol. The first-order valence-electron chi connectivity index (χ1n) is 17.1. The van der Waals surface area contributed by atoms with Crippen molar-refractivity contribution < 1.29 is 22.8 Å². The van der Waals surface area contributed by atoms with E-state index in [1.54, 1.807) is 6.07 Å². The van der Waals surface area contributed by atoms with E-state index in [4.69, 9.17) is 0 Å². The molecule has 0 saturated carbocycles. The molecule has 4 aromatic carbocycles. The van der Waals surface area contributed by atoms with Gasteiger partial charge in [-0.1, -0.05) is 113 Å². The number of carbonyl (C=O) groups is 2. The van der Waals surface area contributed by atoms with E-state index in [9.17, 15) is 22.8 Å². The number of ketones is 1. The van der Waals surface area contributed by atoms with Crippen LogP contribution in [0.25, 0.3) is 11.1 Å². The molecular weight excluding hydrogens is 635 g/mol. The molecule has 0 N–H and O–H groups in total. The molecule has 0 aliphatic heterocycles. The summed E-state index contributed by atoms with van der Waals surface area (Å²) in [5.74, 6) is -0.208. The molecule has 0 unspecified atom stereocenters. The number of alkyl halides is 3. The number of anilines is 1. The number of rotatable bonds is 16. The second-order valence-electron chi connectivity index (χ2n) is 13.3. The van der Waals surface area contributed by atoms with Crippen LogP contribution in [0.4, 0.5) is 18.9 Å². The standard InChI is InChI=1S/C42H48F3N3O2/c1-7-46(8-2)26-27-47(29-33-18-20-34(21-19-33)35-22-24-37(25-23-35)42(43,44)45)40(50)30-48(39-17-13-12-16-38(39)32(4)49)31(3)28-41(5,6)36-14-10-9-11-15-36/h9-25H,3,7-8,26-30H2,1-2,4-6H3. The highest BCUT2D eigenvalue weighted by Gasteiger charge is 2.30. The fourth-order valence-electron chi connectivity index (χ4n) is 6.17. The van der Waals surface area contributed by atoms with Gasteiger partial charge in [0, 0.05) is 30.9 Å². The Morgan fingerprint density at radius 1 is 0.720 bits per heavy atom. The Morgan fingerprint density at radius 2 is 1.28 bits per heavy atom. The average Bonchev–Trinajstić information content (AvgIpc) is 3.10. The zero-order valence-electron chi connectivity index (χ0n) is 29.8. The lowest BCUT2D eigenvalue weighted by Crippen LogP contribution is -2.44. The number of amides is 1. The molecule has 0 aliphatic rings. The minimum atomic E-state index is -4.39. The zero-order chi connectivity index (χ0) is 36.5. The molecule has 50 heavy (non-hydrogen) atoms. The van der Waals surface area contributed by atoms with E-state index in [1.807, 2.05) is 70.5 Å². The smallest absolute Gasteiger partial charge is 0.336 e. The van der Waals surface area contributed by atoms with Crippen LogP contribution in [-0.2, 0) is 22.9 Å². The van der Waals surface area contributed by atoms with Crippen molar-refractivity contribution in [2.75, 3.05) is 37.6 Å². The van der Waals surface area contributed by atoms with Gasteiger partial charge in [-0.05, 0) is 78.4 Å². The summed E-state index contributed by atoms with van der Waals surface area (Å²) in [6, 6.07) is 30.2. The molecular formula is C42H48F3N3O2. The topological polar surface area (TPSA) is 43.9 Å². The molecule has 0 spiro atoms. The number of benzene rings is 4. The summed E-state index contributed by atoms with van der Waals surface area (Å²) < 4.78 is 39.2. The van der Waals surface area contributed by atoms with Gasteiger partial charge >= 0.3 is 6.18 Å². The number of carbonyl (C=O) groups excluding carboxylic acids is 2. The first-order chi connectivity index (χ1) is 23.7. The molecule has 5 nitrogen and oxygen atoms in total. The lowest BCUT2D eigenvalue weighted by atomic mass is 9.80. The van der Waals surface area contributed by atoms with E-state index in [2.05, 4.69) is 51.3 Å². The number of para-hydroxylation sites is 1. The van der Waals surface area contributed by atoms with Gasteiger partial charge in [0.05, 0.1) is 11.3 Å². The van der Waals surface area contributed by atoms with Gasteiger partial charge in [0.25, 0.3) is 0 Å². The summed E-state index contributed by atoms with van der Waals surface area (Å²) >= 11 is 0. The lowest BCUT2D eigenvalue weighted by Gasteiger charge is -2.35. The third-order valence-electron chi connectivity index (χ3n) is 9.26. The van der Waals surface area contributed by atoms with Gasteiger partial charge in [0.15, 0.2) is 5.78 Å². The number of likely N-dealkylation sites (N-methyl/N-ethyl adjacent to an activating group) is 1. The van der Waals surface area contributed by atoms with E-state index < -0.39 is 11.7 Å². The quantitative estimate of drug-likeness (QED) is 0.110. The SMILES string of the molecule is C=C(CC(C)(C)c1ccccc1)N(CC(=O)N(CCN(CC)CC)Cc1ccc(-c2ccc(C(F)(F)F)cc2)cc1)c1ccccc1C(C)=O. The Balaban J connectivity index is 1.63. The van der Waals surface area contributed by atoms with Gasteiger partial charge < -0.3 is 14.7 Å². The van der Waals surface area contributed by atoms with Gasteiger partial charge in [0.1, 0.15) is 6.54 Å². The largest absolute Gasteiger partial charge is 0.416 e. The maximum Gasteiger partial charge on any atom is 0.416 e. The first kappa shape index (κ1) is 38.1. The van der Waals surface area contributed by atoms with Crippen LogP contribution in [0.3, 0.4) is 0 Å². The number of hydrogen-bond acceptors (Lipinski definition) is 4. The molecule has 264 valence electrons. The molecule has 0 radical (unpaired) electrons. The number of nitrogens with zero attached hydrogens (tertiary/aromatic N) is 3. The number of Topliss-reactive ketones (excluding diaryl/α,β-unsaturated/α-hetero) is 1. The van der Waals surface area contributed by atoms with Gasteiger partial charge in [-0.25, -0.2) is 0 Å². The third kappa shape index (κ3) is 9.94. The van der Waals surface area contributed by atoms with Crippen LogP contribution >= 0.6 is 0 Å². The maximum absolute atomic E-state index is 14.4. The van der Waals surface area contributed by atoms with Crippen molar-refractivity contribution in [1.29, 1.82) is 0 Å². The van der Waals surface area contributed by atoms with E-state index in [0.29, 0.717) is 42.9 Å². The molecule has 4 aromatic rings. The second-order valence-corrected chi connectivity index (χ2v) is 13.3. The molecule has 0 heterocycles. The van der Waals surface area contributed by atoms with Gasteiger partial charge in [-0.15, -0.1) is 0 Å². The molecule has 0 aliphatic carbocycles. The molecule has 0 bridgehead atoms. The fourth-order valence-corrected chi connectivity index (χ4v) is 6.17. The Hall–Kier alpha value is -4.69. The highest BCUT2D eigenvalue weighted by molar-refractivity contribution is 6.00. The minimum absolute atomic E-state index is 0.00408. The Morgan fingerprint density at radius 3 is 1.84 bits per heavy atom. The molecule has 8 heteroatoms. The Kier molecular flexibility index (Phi) is 12.8. The average molecular weight is 684 g/mol. The number of hydrogen-bond donors (Lipinski definition) is 0. The van der Waals surface area contributed by atoms with Crippen LogP contribution in [0.5, 0.6) is 0 Å². The highest BCUT2D eigenvalue weighted by Crippen LogP contribution is 2.34. The summed E-state index contributed by atoms with van der Waals surface area (Å²) in [7, 11) is 0. The summed E-state index contributed by atoms with van der Waals surface area (Å²) in [5, 5.41) is 0. The fraction of sp³-hybridized carbons (Fsp3) is 0.333. The third-order valence-corrected chi connectivity index (χ3v) is 9.26. The van der Waals surface area contributed by atoms with Gasteiger partial charge in [-0.2, -0.15) is 13.2 Å². The van der Waals surface area contributed by atoms with Crippen LogP contribution < -0.4 is 4.90 Å². The van der Waals surface area contributed by atoms with E-state index >= 15 is 0 Å². The summed E-state index contributed by atoms with van der Waals surface area (Å²) in [6.07, 6.45) is -3.83. The first-order valence-corrected chi connectivity index (χ1v) is 17.1. The van der Waals surface area contributed by atoms with Crippen molar-refractivity contribution >= 4 is 17.4 Å². The van der Waals surface area contributed by atoms with Crippen molar-refractivity contribution in [3.63, 3.8) is 0 Å². The lowest BCUT2D eigenvalue weighted by molar-refractivity contribution is -0.137. The van der Waals surface area contributed by atoms with Crippen LogP contribution in [0, 0.1) is 0 Å². The van der Waals surface area contributed by atoms with Gasteiger partial charge in [0.2, 0.25) is 5.91 Å². The predicted octanol–water partition coefficient (Wildman–Crippen LogP) is 9.63. The van der Waals surface area contributed by atoms with E-state index in [1.165, 1.54) is 19.1 Å². The van der Waals surface area contributed by atoms with Crippen molar-refractivity contribution in [2.24, 2.45) is 0 Å². The molecule has 4 rings (SSSR count). The highest BCUT2D eigenvalue weighted by atomic mass is 19.4. The van der Waals surface area contributed by atoms with Crippen LogP contribution in [-0.4, -0.2) is 54.2 Å². The van der Waals surface area contributed by atoms with Crippen LogP contribution in [0.1, 0.15) is 68.1 Å². The normalized spacial score (nSPS) is 11.8. The van der Waals surface area contributed by atoms with Crippen molar-refractivity contribution in [3.05, 3.63) is 138 Å². The van der Waals surface area contributed by atoms with Crippen LogP contribution in [0.15, 0.2) is 115 Å². The summed E-state index contributed by atoms with van der Waals surface area (Å²) in [5.41, 5.74) is 4.42. The maximum atomic E-state index is 14.4. The van der Waals surface area contributed by atoms with Crippen LogP contribution in [0.2, 0.25) is 0 Å². The monoisotopic (exact) mass is 683 g/mol. The second kappa shape index (κ2) is 16.8. The van der Waals surface area contributed by atoms with E-state index in [-0.39, 0.29) is 23.7 Å². The zero-order valence-corrected chi connectivity index (χ0v) is 29.8. The van der Waals surface area contributed by atoms with Gasteiger partial charge in [-0.3, -0.25) is 9.59 Å². The Bertz CT molecular complexity index is 1730. The minimum Gasteiger partial charge on any atom is -0.336 e. The molecule has 0 fully saturated rings. The summed E-state index contributed by atoms with van der Waals surface area (Å²) in [4.78, 5) is 33.2. The molecule has 0 atom stereocenters. The number of halogens is 3. The molecule has 0 saturated heterocycles. The molecule has 0 aromatic heterocycles. The number of allylic oxidation sites excluding steroid dienone is 1. The van der Waals surface area contributed by atoms with Crippen molar-refractivity contribution in [3.8, 4) is 11.1 Å². The van der Waals surface area contributed by atoms with E-state index in [0.717, 1.165) is 47.6 Å². The molecule has 1 amide bonds.